The molecule has 0 atom stereocenters. The van der Waals surface area contributed by atoms with Gasteiger partial charge in [0.15, 0.2) is 5.78 Å². The van der Waals surface area contributed by atoms with Gasteiger partial charge in [-0.05, 0) is 11.8 Å². The van der Waals surface area contributed by atoms with Gasteiger partial charge in [-0.15, -0.1) is 0 Å². The van der Waals surface area contributed by atoms with Crippen LogP contribution in [0.1, 0.15) is 26.7 Å². The second-order valence-corrected chi connectivity index (χ2v) is 5.48. The van der Waals surface area contributed by atoms with Crippen LogP contribution in [0.5, 0.6) is 0 Å². The Morgan fingerprint density at radius 3 is 2.15 bits per heavy atom. The minimum atomic E-state index is -1.74. The van der Waals surface area contributed by atoms with Gasteiger partial charge in [0.25, 0.3) is 11.9 Å². The van der Waals surface area contributed by atoms with Crippen molar-refractivity contribution in [1.82, 2.24) is 4.98 Å². The van der Waals surface area contributed by atoms with Gasteiger partial charge in [-0.1, -0.05) is 13.8 Å². The van der Waals surface area contributed by atoms with Crippen LogP contribution in [0, 0.1) is 28.9 Å². The highest BCUT2D eigenvalue weighted by Crippen LogP contribution is 2.35. The standard InChI is InChI=1S/C13H12F4N2O/c1-13(2)4-6(3-7(20)5-13)18-10-8(14)11(16)19-12(17)9(10)15/h3H,4-5H2,1-2H3,(H,18,19). The van der Waals surface area contributed by atoms with Crippen molar-refractivity contribution in [2.75, 3.05) is 5.32 Å². The van der Waals surface area contributed by atoms with Crippen LogP contribution in [0.4, 0.5) is 23.2 Å². The summed E-state index contributed by atoms with van der Waals surface area (Å²) in [6.07, 6.45) is 1.80. The lowest BCUT2D eigenvalue weighted by atomic mass is 9.79. The fourth-order valence-electron chi connectivity index (χ4n) is 2.18. The quantitative estimate of drug-likeness (QED) is 0.670. The molecule has 0 spiro atoms. The van der Waals surface area contributed by atoms with Crippen LogP contribution in [-0.4, -0.2) is 10.8 Å². The predicted molar refractivity (Wildman–Crippen MR) is 63.8 cm³/mol. The molecule has 1 N–H and O–H groups in total. The third-order valence-corrected chi connectivity index (χ3v) is 2.94. The Kier molecular flexibility index (Phi) is 3.54. The molecule has 1 aromatic heterocycles. The van der Waals surface area contributed by atoms with Crippen LogP contribution in [-0.2, 0) is 4.79 Å². The van der Waals surface area contributed by atoms with E-state index in [0.29, 0.717) is 12.8 Å². The first-order valence-electron chi connectivity index (χ1n) is 5.90. The summed E-state index contributed by atoms with van der Waals surface area (Å²) in [6.45, 7) is 3.61. The molecule has 1 aliphatic carbocycles. The fourth-order valence-corrected chi connectivity index (χ4v) is 2.18. The largest absolute Gasteiger partial charge is 0.354 e. The van der Waals surface area contributed by atoms with E-state index in [9.17, 15) is 22.4 Å². The molecule has 0 aromatic carbocycles. The van der Waals surface area contributed by atoms with Gasteiger partial charge in [-0.25, -0.2) is 0 Å². The first-order chi connectivity index (χ1) is 9.19. The SMILES string of the molecule is CC1(C)CC(=O)C=C(Nc2c(F)c(F)nc(F)c2F)C1. The Labute approximate surface area is 112 Å². The molecule has 3 nitrogen and oxygen atoms in total. The van der Waals surface area contributed by atoms with Crippen molar-refractivity contribution in [3.8, 4) is 0 Å². The van der Waals surface area contributed by atoms with E-state index in [1.54, 1.807) is 13.8 Å². The van der Waals surface area contributed by atoms with E-state index < -0.39 is 34.6 Å². The molecular formula is C13H12F4N2O. The van der Waals surface area contributed by atoms with Crippen molar-refractivity contribution in [3.05, 3.63) is 35.3 Å². The van der Waals surface area contributed by atoms with Crippen molar-refractivity contribution in [1.29, 1.82) is 0 Å². The lowest BCUT2D eigenvalue weighted by Crippen LogP contribution is -2.25. The number of aromatic nitrogens is 1. The highest BCUT2D eigenvalue weighted by Gasteiger charge is 2.29. The van der Waals surface area contributed by atoms with Crippen molar-refractivity contribution in [2.24, 2.45) is 5.41 Å². The van der Waals surface area contributed by atoms with E-state index in [1.165, 1.54) is 6.08 Å². The predicted octanol–water partition coefficient (Wildman–Crippen LogP) is 3.32. The number of carbonyl (C=O) groups is 1. The first kappa shape index (κ1) is 14.5. The maximum absolute atomic E-state index is 13.5. The average molecular weight is 288 g/mol. The van der Waals surface area contributed by atoms with Crippen molar-refractivity contribution in [3.63, 3.8) is 0 Å². The molecule has 0 fully saturated rings. The zero-order valence-electron chi connectivity index (χ0n) is 10.9. The molecule has 7 heteroatoms. The molecule has 0 radical (unpaired) electrons. The van der Waals surface area contributed by atoms with Gasteiger partial charge in [0.05, 0.1) is 0 Å². The van der Waals surface area contributed by atoms with Gasteiger partial charge in [0.1, 0.15) is 5.69 Å². The summed E-state index contributed by atoms with van der Waals surface area (Å²) in [4.78, 5) is 14.0. The Bertz CT molecular complexity index is 585. The summed E-state index contributed by atoms with van der Waals surface area (Å²) in [6, 6.07) is 0. The number of hydrogen-bond donors (Lipinski definition) is 1. The molecule has 1 heterocycles. The molecule has 1 aromatic rings. The first-order valence-corrected chi connectivity index (χ1v) is 5.90. The third-order valence-electron chi connectivity index (χ3n) is 2.94. The van der Waals surface area contributed by atoms with E-state index in [2.05, 4.69) is 10.3 Å². The van der Waals surface area contributed by atoms with Gasteiger partial charge >= 0.3 is 0 Å². The van der Waals surface area contributed by atoms with Gasteiger partial charge in [-0.3, -0.25) is 4.79 Å². The van der Waals surface area contributed by atoms with Crippen molar-refractivity contribution in [2.45, 2.75) is 26.7 Å². The second-order valence-electron chi connectivity index (χ2n) is 5.48. The summed E-state index contributed by atoms with van der Waals surface area (Å²) in [7, 11) is 0. The number of pyridine rings is 1. The van der Waals surface area contributed by atoms with Crippen molar-refractivity contribution < 1.29 is 22.4 Å². The molecule has 2 rings (SSSR count). The maximum Gasteiger partial charge on any atom is 0.253 e. The number of rotatable bonds is 2. The van der Waals surface area contributed by atoms with Crippen LogP contribution < -0.4 is 5.32 Å². The summed E-state index contributed by atoms with van der Waals surface area (Å²) < 4.78 is 52.9. The molecular weight excluding hydrogens is 276 g/mol. The number of anilines is 1. The number of allylic oxidation sites excluding steroid dienone is 2. The highest BCUT2D eigenvalue weighted by atomic mass is 19.2. The Balaban J connectivity index is 2.38. The monoisotopic (exact) mass is 288 g/mol. The Morgan fingerprint density at radius 1 is 1.10 bits per heavy atom. The molecule has 20 heavy (non-hydrogen) atoms. The van der Waals surface area contributed by atoms with E-state index in [-0.39, 0.29) is 11.5 Å². The molecule has 0 saturated heterocycles. The van der Waals surface area contributed by atoms with E-state index >= 15 is 0 Å². The normalized spacial score (nSPS) is 17.9. The Hall–Kier alpha value is -1.92. The van der Waals surface area contributed by atoms with Crippen LogP contribution in [0.2, 0.25) is 0 Å². The molecule has 1 aliphatic rings. The van der Waals surface area contributed by atoms with Gasteiger partial charge < -0.3 is 5.32 Å². The molecule has 0 aliphatic heterocycles. The van der Waals surface area contributed by atoms with Gasteiger partial charge in [0, 0.05) is 18.2 Å². The number of nitrogens with one attached hydrogen (secondary N) is 1. The lowest BCUT2D eigenvalue weighted by molar-refractivity contribution is -0.117. The summed E-state index contributed by atoms with van der Waals surface area (Å²) in [5.74, 6) is -6.96. The molecule has 0 amide bonds. The highest BCUT2D eigenvalue weighted by molar-refractivity contribution is 5.92. The van der Waals surface area contributed by atoms with Crippen LogP contribution in [0.3, 0.4) is 0 Å². The Morgan fingerprint density at radius 2 is 1.65 bits per heavy atom. The topological polar surface area (TPSA) is 42.0 Å². The van der Waals surface area contributed by atoms with E-state index in [1.807, 2.05) is 0 Å². The van der Waals surface area contributed by atoms with Crippen LogP contribution in [0.25, 0.3) is 0 Å². The minimum absolute atomic E-state index is 0.203. The second kappa shape index (κ2) is 4.88. The molecule has 0 bridgehead atoms. The fraction of sp³-hybridized carbons (Fsp3) is 0.385. The maximum atomic E-state index is 13.5. The number of ketones is 1. The average Bonchev–Trinajstić information content (AvgIpc) is 2.29. The molecule has 0 saturated carbocycles. The summed E-state index contributed by atoms with van der Waals surface area (Å²) in [5, 5.41) is 2.26. The zero-order valence-corrected chi connectivity index (χ0v) is 10.9. The van der Waals surface area contributed by atoms with Crippen molar-refractivity contribution >= 4 is 11.5 Å². The number of hydrogen-bond acceptors (Lipinski definition) is 3. The van der Waals surface area contributed by atoms with E-state index in [4.69, 9.17) is 0 Å². The molecule has 108 valence electrons. The lowest BCUT2D eigenvalue weighted by Gasteiger charge is -2.29. The minimum Gasteiger partial charge on any atom is -0.354 e. The zero-order chi connectivity index (χ0) is 15.1. The number of halogens is 4. The number of carbonyl (C=O) groups excluding carboxylic acids is 1. The molecule has 0 unspecified atom stereocenters. The van der Waals surface area contributed by atoms with Gasteiger partial charge in [-0.2, -0.15) is 22.5 Å². The van der Waals surface area contributed by atoms with Gasteiger partial charge in [0.2, 0.25) is 11.6 Å². The third kappa shape index (κ3) is 2.81. The van der Waals surface area contributed by atoms with Crippen LogP contribution >= 0.6 is 0 Å². The summed E-state index contributed by atoms with van der Waals surface area (Å²) >= 11 is 0. The van der Waals surface area contributed by atoms with Crippen LogP contribution in [0.15, 0.2) is 11.8 Å². The summed E-state index contributed by atoms with van der Waals surface area (Å²) in [5.41, 5.74) is -1.17. The number of nitrogens with zero attached hydrogens (tertiary/aromatic N) is 1. The smallest absolute Gasteiger partial charge is 0.253 e. The van der Waals surface area contributed by atoms with E-state index in [0.717, 1.165) is 0 Å².